The predicted molar refractivity (Wildman–Crippen MR) is 73.9 cm³/mol. The van der Waals surface area contributed by atoms with Crippen molar-refractivity contribution in [2.24, 2.45) is 0 Å². The average Bonchev–Trinajstić information content (AvgIpc) is 2.38. The maximum absolute atomic E-state index is 13.4. The topological polar surface area (TPSA) is 64.6 Å². The van der Waals surface area contributed by atoms with Crippen LogP contribution in [0.15, 0.2) is 22.7 Å². The fourth-order valence-corrected chi connectivity index (χ4v) is 1.66. The molecule has 1 aromatic carbocycles. The Kier molecular flexibility index (Phi) is 7.00. The summed E-state index contributed by atoms with van der Waals surface area (Å²) >= 11 is 3.12. The summed E-state index contributed by atoms with van der Waals surface area (Å²) in [5.74, 6) is -1.38. The minimum Gasteiger partial charge on any atom is -0.481 e. The van der Waals surface area contributed by atoms with Gasteiger partial charge in [-0.3, -0.25) is 9.59 Å². The molecule has 5 nitrogen and oxygen atoms in total. The summed E-state index contributed by atoms with van der Waals surface area (Å²) in [7, 11) is 0. The van der Waals surface area contributed by atoms with Crippen LogP contribution >= 0.6 is 15.9 Å². The summed E-state index contributed by atoms with van der Waals surface area (Å²) in [5, 5.41) is 2.48. The SMILES string of the molecule is CCOC(=O)CCNC(=O)COc1ccc(Br)cc1F. The molecular formula is C13H15BrFNO4. The second-order valence-corrected chi connectivity index (χ2v) is 4.68. The molecule has 20 heavy (non-hydrogen) atoms. The van der Waals surface area contributed by atoms with Gasteiger partial charge in [0.15, 0.2) is 18.2 Å². The normalized spacial score (nSPS) is 9.95. The number of ether oxygens (including phenoxy) is 2. The van der Waals surface area contributed by atoms with Crippen molar-refractivity contribution in [1.82, 2.24) is 5.32 Å². The predicted octanol–water partition coefficient (Wildman–Crippen LogP) is 2.04. The molecule has 7 heteroatoms. The molecule has 0 aliphatic rings. The zero-order valence-electron chi connectivity index (χ0n) is 10.9. The number of halogens is 2. The molecule has 1 N–H and O–H groups in total. The lowest BCUT2D eigenvalue weighted by Crippen LogP contribution is -2.31. The second-order valence-electron chi connectivity index (χ2n) is 3.77. The lowest BCUT2D eigenvalue weighted by molar-refractivity contribution is -0.143. The van der Waals surface area contributed by atoms with E-state index in [0.29, 0.717) is 11.1 Å². The van der Waals surface area contributed by atoms with Gasteiger partial charge in [-0.05, 0) is 25.1 Å². The number of carbonyl (C=O) groups excluding carboxylic acids is 2. The maximum Gasteiger partial charge on any atom is 0.307 e. The van der Waals surface area contributed by atoms with E-state index >= 15 is 0 Å². The molecule has 1 amide bonds. The summed E-state index contributed by atoms with van der Waals surface area (Å²) in [6.07, 6.45) is 0.0895. The molecular weight excluding hydrogens is 333 g/mol. The van der Waals surface area contributed by atoms with Gasteiger partial charge in [0, 0.05) is 11.0 Å². The Morgan fingerprint density at radius 2 is 2.15 bits per heavy atom. The fourth-order valence-electron chi connectivity index (χ4n) is 1.32. The molecule has 0 unspecified atom stereocenters. The Labute approximate surface area is 124 Å². The van der Waals surface area contributed by atoms with E-state index in [1.807, 2.05) is 0 Å². The number of rotatable bonds is 7. The molecule has 110 valence electrons. The van der Waals surface area contributed by atoms with Gasteiger partial charge in [0.1, 0.15) is 0 Å². The number of carbonyl (C=O) groups is 2. The summed E-state index contributed by atoms with van der Waals surface area (Å²) < 4.78 is 23.7. The van der Waals surface area contributed by atoms with Gasteiger partial charge in [-0.1, -0.05) is 15.9 Å². The van der Waals surface area contributed by atoms with Crippen molar-refractivity contribution in [2.75, 3.05) is 19.8 Å². The Morgan fingerprint density at radius 3 is 2.80 bits per heavy atom. The number of esters is 1. The number of hydrogen-bond acceptors (Lipinski definition) is 4. The van der Waals surface area contributed by atoms with Crippen LogP contribution in [0.5, 0.6) is 5.75 Å². The van der Waals surface area contributed by atoms with Crippen LogP contribution in [0.1, 0.15) is 13.3 Å². The summed E-state index contributed by atoms with van der Waals surface area (Å²) in [6, 6.07) is 4.27. The Morgan fingerprint density at radius 1 is 1.40 bits per heavy atom. The van der Waals surface area contributed by atoms with E-state index in [9.17, 15) is 14.0 Å². The van der Waals surface area contributed by atoms with Crippen LogP contribution in [-0.2, 0) is 14.3 Å². The first-order chi connectivity index (χ1) is 9.52. The summed E-state index contributed by atoms with van der Waals surface area (Å²) in [4.78, 5) is 22.4. The van der Waals surface area contributed by atoms with Gasteiger partial charge >= 0.3 is 5.97 Å². The molecule has 0 fully saturated rings. The Balaban J connectivity index is 2.28. The van der Waals surface area contributed by atoms with Crippen molar-refractivity contribution >= 4 is 27.8 Å². The maximum atomic E-state index is 13.4. The van der Waals surface area contributed by atoms with Crippen LogP contribution in [-0.4, -0.2) is 31.6 Å². The molecule has 0 heterocycles. The van der Waals surface area contributed by atoms with Crippen molar-refractivity contribution in [2.45, 2.75) is 13.3 Å². The lowest BCUT2D eigenvalue weighted by atomic mass is 10.3. The van der Waals surface area contributed by atoms with Gasteiger partial charge in [-0.15, -0.1) is 0 Å². The highest BCUT2D eigenvalue weighted by Gasteiger charge is 2.08. The monoisotopic (exact) mass is 347 g/mol. The molecule has 0 aliphatic heterocycles. The molecule has 0 saturated heterocycles. The third-order valence-electron chi connectivity index (χ3n) is 2.21. The second kappa shape index (κ2) is 8.52. The average molecular weight is 348 g/mol. The minimum absolute atomic E-state index is 0.00579. The molecule has 0 aliphatic carbocycles. The van der Waals surface area contributed by atoms with Gasteiger partial charge in [0.2, 0.25) is 0 Å². The molecule has 0 saturated carbocycles. The molecule has 0 spiro atoms. The van der Waals surface area contributed by atoms with Crippen LogP contribution in [0.4, 0.5) is 4.39 Å². The van der Waals surface area contributed by atoms with Gasteiger partial charge in [0.05, 0.1) is 13.0 Å². The van der Waals surface area contributed by atoms with E-state index < -0.39 is 11.7 Å². The van der Waals surface area contributed by atoms with Crippen LogP contribution < -0.4 is 10.1 Å². The van der Waals surface area contributed by atoms with Crippen molar-refractivity contribution in [3.8, 4) is 5.75 Å². The van der Waals surface area contributed by atoms with Crippen LogP contribution in [0, 0.1) is 5.82 Å². The van der Waals surface area contributed by atoms with Gasteiger partial charge < -0.3 is 14.8 Å². The van der Waals surface area contributed by atoms with E-state index in [1.54, 1.807) is 13.0 Å². The van der Waals surface area contributed by atoms with Crippen LogP contribution in [0.25, 0.3) is 0 Å². The van der Waals surface area contributed by atoms with Crippen molar-refractivity contribution in [3.63, 3.8) is 0 Å². The number of benzene rings is 1. The van der Waals surface area contributed by atoms with Crippen molar-refractivity contribution in [3.05, 3.63) is 28.5 Å². The van der Waals surface area contributed by atoms with Crippen molar-refractivity contribution in [1.29, 1.82) is 0 Å². The van der Waals surface area contributed by atoms with Gasteiger partial charge in [-0.2, -0.15) is 0 Å². The molecule has 0 bridgehead atoms. The Hall–Kier alpha value is -1.63. The lowest BCUT2D eigenvalue weighted by Gasteiger charge is -2.08. The minimum atomic E-state index is -0.557. The third kappa shape index (κ3) is 6.01. The zero-order valence-corrected chi connectivity index (χ0v) is 12.5. The molecule has 1 aromatic rings. The van der Waals surface area contributed by atoms with Gasteiger partial charge in [0.25, 0.3) is 5.91 Å². The van der Waals surface area contributed by atoms with E-state index in [4.69, 9.17) is 9.47 Å². The molecule has 0 aromatic heterocycles. The standard InChI is InChI=1S/C13H15BrFNO4/c1-2-19-13(18)5-6-16-12(17)8-20-11-4-3-9(14)7-10(11)15/h3-4,7H,2,5-6,8H2,1H3,(H,16,17). The number of nitrogens with one attached hydrogen (secondary N) is 1. The highest BCUT2D eigenvalue weighted by Crippen LogP contribution is 2.21. The third-order valence-corrected chi connectivity index (χ3v) is 2.70. The number of amides is 1. The Bertz CT molecular complexity index is 481. The largest absolute Gasteiger partial charge is 0.481 e. The first-order valence-corrected chi connectivity index (χ1v) is 6.82. The molecule has 1 rings (SSSR count). The van der Waals surface area contributed by atoms with Crippen LogP contribution in [0.2, 0.25) is 0 Å². The smallest absolute Gasteiger partial charge is 0.307 e. The van der Waals surface area contributed by atoms with Crippen LogP contribution in [0.3, 0.4) is 0 Å². The zero-order chi connectivity index (χ0) is 15.0. The highest BCUT2D eigenvalue weighted by atomic mass is 79.9. The van der Waals surface area contributed by atoms with E-state index in [2.05, 4.69) is 21.2 Å². The van der Waals surface area contributed by atoms with E-state index in [0.717, 1.165) is 0 Å². The highest BCUT2D eigenvalue weighted by molar-refractivity contribution is 9.10. The number of hydrogen-bond donors (Lipinski definition) is 1. The quantitative estimate of drug-likeness (QED) is 0.766. The summed E-state index contributed by atoms with van der Waals surface area (Å²) in [5.41, 5.74) is 0. The first kappa shape index (κ1) is 16.4. The van der Waals surface area contributed by atoms with E-state index in [1.165, 1.54) is 12.1 Å². The van der Waals surface area contributed by atoms with E-state index in [-0.39, 0.29) is 31.3 Å². The first-order valence-electron chi connectivity index (χ1n) is 6.03. The fraction of sp³-hybridized carbons (Fsp3) is 0.385. The summed E-state index contributed by atoms with van der Waals surface area (Å²) in [6.45, 7) is 1.85. The molecule has 0 radical (unpaired) electrons. The van der Waals surface area contributed by atoms with Crippen molar-refractivity contribution < 1.29 is 23.5 Å². The van der Waals surface area contributed by atoms with Gasteiger partial charge in [-0.25, -0.2) is 4.39 Å². The molecule has 0 atom stereocenters.